The lowest BCUT2D eigenvalue weighted by Gasteiger charge is -2.04. The quantitative estimate of drug-likeness (QED) is 0.712. The van der Waals surface area contributed by atoms with Gasteiger partial charge in [-0.1, -0.05) is 27.2 Å². The monoisotopic (exact) mass is 399 g/mol. The molecular formula is C13H10BrN3O3S2. The highest BCUT2D eigenvalue weighted by Gasteiger charge is 2.16. The second kappa shape index (κ2) is 6.29. The molecule has 0 amide bonds. The third kappa shape index (κ3) is 3.43. The van der Waals surface area contributed by atoms with Crippen molar-refractivity contribution in [2.24, 2.45) is 0 Å². The first-order chi connectivity index (χ1) is 10.5. The largest absolute Gasteiger partial charge is 0.337 e. The van der Waals surface area contributed by atoms with Crippen molar-refractivity contribution in [1.82, 2.24) is 14.9 Å². The fraction of sp³-hybridized carbons (Fsp3) is 0.0769. The predicted octanol–water partition coefficient (Wildman–Crippen LogP) is 3.04. The lowest BCUT2D eigenvalue weighted by molar-refractivity contribution is 0.376. The van der Waals surface area contributed by atoms with Crippen molar-refractivity contribution in [2.75, 3.05) is 0 Å². The average molecular weight is 400 g/mol. The van der Waals surface area contributed by atoms with Crippen molar-refractivity contribution in [3.8, 4) is 10.7 Å². The Bertz CT molecular complexity index is 858. The zero-order valence-electron chi connectivity index (χ0n) is 11.1. The van der Waals surface area contributed by atoms with Crippen molar-refractivity contribution >= 4 is 37.3 Å². The molecule has 2 aromatic heterocycles. The van der Waals surface area contributed by atoms with E-state index < -0.39 is 10.0 Å². The van der Waals surface area contributed by atoms with Crippen LogP contribution in [-0.4, -0.2) is 18.6 Å². The Morgan fingerprint density at radius 2 is 2.00 bits per heavy atom. The van der Waals surface area contributed by atoms with Gasteiger partial charge in [0.05, 0.1) is 16.3 Å². The number of thiophene rings is 1. The van der Waals surface area contributed by atoms with Crippen LogP contribution >= 0.6 is 27.3 Å². The lowest BCUT2D eigenvalue weighted by atomic mass is 10.4. The maximum atomic E-state index is 12.1. The van der Waals surface area contributed by atoms with Gasteiger partial charge in [0, 0.05) is 4.47 Å². The van der Waals surface area contributed by atoms with Crippen LogP contribution in [0, 0.1) is 0 Å². The third-order valence-corrected chi connectivity index (χ3v) is 5.56. The van der Waals surface area contributed by atoms with Crippen molar-refractivity contribution in [3.05, 3.63) is 52.1 Å². The Balaban J connectivity index is 1.71. The lowest BCUT2D eigenvalue weighted by Crippen LogP contribution is -2.23. The van der Waals surface area contributed by atoms with E-state index >= 15 is 0 Å². The van der Waals surface area contributed by atoms with E-state index in [0.29, 0.717) is 5.82 Å². The molecule has 0 saturated heterocycles. The minimum atomic E-state index is -3.62. The van der Waals surface area contributed by atoms with E-state index in [1.54, 1.807) is 12.1 Å². The first kappa shape index (κ1) is 15.3. The van der Waals surface area contributed by atoms with E-state index in [9.17, 15) is 8.42 Å². The SMILES string of the molecule is O=S(=O)(NCc1nc(-c2cccs2)no1)c1ccc(Br)cc1. The number of nitrogens with zero attached hydrogens (tertiary/aromatic N) is 2. The number of hydrogen-bond donors (Lipinski definition) is 1. The topological polar surface area (TPSA) is 85.1 Å². The molecule has 0 aliphatic heterocycles. The molecule has 1 N–H and O–H groups in total. The van der Waals surface area contributed by atoms with Crippen LogP contribution in [0.5, 0.6) is 0 Å². The summed E-state index contributed by atoms with van der Waals surface area (Å²) in [6.07, 6.45) is 0. The first-order valence-corrected chi connectivity index (χ1v) is 9.32. The molecule has 1 aromatic carbocycles. The van der Waals surface area contributed by atoms with Gasteiger partial charge in [0.15, 0.2) is 0 Å². The van der Waals surface area contributed by atoms with Gasteiger partial charge >= 0.3 is 0 Å². The van der Waals surface area contributed by atoms with Gasteiger partial charge in [0.1, 0.15) is 0 Å². The molecule has 0 saturated carbocycles. The molecule has 0 fully saturated rings. The van der Waals surface area contributed by atoms with Crippen LogP contribution in [0.2, 0.25) is 0 Å². The Morgan fingerprint density at radius 3 is 2.68 bits per heavy atom. The smallest absolute Gasteiger partial charge is 0.242 e. The Labute approximate surface area is 139 Å². The fourth-order valence-corrected chi connectivity index (χ4v) is 3.57. The summed E-state index contributed by atoms with van der Waals surface area (Å²) in [5.41, 5.74) is 0. The highest BCUT2D eigenvalue weighted by Crippen LogP contribution is 2.21. The Hall–Kier alpha value is -1.55. The van der Waals surface area contributed by atoms with E-state index in [1.807, 2.05) is 17.5 Å². The highest BCUT2D eigenvalue weighted by atomic mass is 79.9. The molecule has 3 aromatic rings. The summed E-state index contributed by atoms with van der Waals surface area (Å²) in [5.74, 6) is 0.664. The highest BCUT2D eigenvalue weighted by molar-refractivity contribution is 9.10. The molecule has 9 heteroatoms. The number of halogens is 1. The maximum Gasteiger partial charge on any atom is 0.242 e. The van der Waals surface area contributed by atoms with Crippen molar-refractivity contribution < 1.29 is 12.9 Å². The van der Waals surface area contributed by atoms with E-state index in [2.05, 4.69) is 30.8 Å². The van der Waals surface area contributed by atoms with Gasteiger partial charge < -0.3 is 4.52 Å². The van der Waals surface area contributed by atoms with Crippen molar-refractivity contribution in [1.29, 1.82) is 0 Å². The number of hydrogen-bond acceptors (Lipinski definition) is 6. The van der Waals surface area contributed by atoms with Gasteiger partial charge in [-0.25, -0.2) is 13.1 Å². The zero-order valence-corrected chi connectivity index (χ0v) is 14.3. The van der Waals surface area contributed by atoms with Gasteiger partial charge in [0.25, 0.3) is 0 Å². The summed E-state index contributed by atoms with van der Waals surface area (Å²) < 4.78 is 32.6. The number of nitrogens with one attached hydrogen (secondary N) is 1. The molecule has 0 atom stereocenters. The minimum absolute atomic E-state index is 0.0588. The van der Waals surface area contributed by atoms with E-state index in [1.165, 1.54) is 23.5 Å². The standard InChI is InChI=1S/C13H10BrN3O3S2/c14-9-3-5-10(6-4-9)22(18,19)15-8-12-16-13(17-20-12)11-2-1-7-21-11/h1-7,15H,8H2. The van der Waals surface area contributed by atoms with Gasteiger partial charge in [-0.3, -0.25) is 0 Å². The van der Waals surface area contributed by atoms with Gasteiger partial charge in [-0.2, -0.15) is 4.98 Å². The predicted molar refractivity (Wildman–Crippen MR) is 85.8 cm³/mol. The number of rotatable bonds is 5. The van der Waals surface area contributed by atoms with Gasteiger partial charge in [-0.15, -0.1) is 11.3 Å². The van der Waals surface area contributed by atoms with E-state index in [0.717, 1.165) is 9.35 Å². The second-order valence-electron chi connectivity index (χ2n) is 4.27. The average Bonchev–Trinajstić information content (AvgIpc) is 3.17. The molecular weight excluding hydrogens is 390 g/mol. The van der Waals surface area contributed by atoms with Crippen LogP contribution < -0.4 is 4.72 Å². The molecule has 22 heavy (non-hydrogen) atoms. The molecule has 0 unspecified atom stereocenters. The molecule has 114 valence electrons. The molecule has 0 radical (unpaired) electrons. The molecule has 6 nitrogen and oxygen atoms in total. The Morgan fingerprint density at radius 1 is 1.23 bits per heavy atom. The Kier molecular flexibility index (Phi) is 4.39. The molecule has 2 heterocycles. The van der Waals surface area contributed by atoms with Crippen LogP contribution in [0.3, 0.4) is 0 Å². The van der Waals surface area contributed by atoms with Crippen LogP contribution in [-0.2, 0) is 16.6 Å². The van der Waals surface area contributed by atoms with Crippen LogP contribution in [0.15, 0.2) is 55.7 Å². The normalized spacial score (nSPS) is 11.7. The molecule has 3 rings (SSSR count). The summed E-state index contributed by atoms with van der Waals surface area (Å²) >= 11 is 4.75. The van der Waals surface area contributed by atoms with Crippen LogP contribution in [0.1, 0.15) is 5.89 Å². The maximum absolute atomic E-state index is 12.1. The van der Waals surface area contributed by atoms with Crippen molar-refractivity contribution in [2.45, 2.75) is 11.4 Å². The van der Waals surface area contributed by atoms with Crippen LogP contribution in [0.4, 0.5) is 0 Å². The summed E-state index contributed by atoms with van der Waals surface area (Å²) in [6.45, 7) is -0.0588. The number of benzene rings is 1. The van der Waals surface area contributed by atoms with Crippen molar-refractivity contribution in [3.63, 3.8) is 0 Å². The molecule has 0 aliphatic rings. The molecule has 0 aliphatic carbocycles. The second-order valence-corrected chi connectivity index (χ2v) is 7.90. The summed E-state index contributed by atoms with van der Waals surface area (Å²) in [7, 11) is -3.62. The number of aromatic nitrogens is 2. The molecule has 0 bridgehead atoms. The summed E-state index contributed by atoms with van der Waals surface area (Å²) in [4.78, 5) is 5.20. The molecule has 0 spiro atoms. The van der Waals surface area contributed by atoms with Gasteiger partial charge in [0.2, 0.25) is 21.7 Å². The first-order valence-electron chi connectivity index (χ1n) is 6.16. The summed E-state index contributed by atoms with van der Waals surface area (Å²) in [5, 5.41) is 5.73. The summed E-state index contributed by atoms with van der Waals surface area (Å²) in [6, 6.07) is 10.1. The number of sulfonamides is 1. The fourth-order valence-electron chi connectivity index (χ4n) is 1.69. The third-order valence-electron chi connectivity index (χ3n) is 2.75. The minimum Gasteiger partial charge on any atom is -0.337 e. The van der Waals surface area contributed by atoms with E-state index in [4.69, 9.17) is 4.52 Å². The van der Waals surface area contributed by atoms with Crippen LogP contribution in [0.25, 0.3) is 10.7 Å². The van der Waals surface area contributed by atoms with E-state index in [-0.39, 0.29) is 17.3 Å². The zero-order chi connectivity index (χ0) is 15.6. The van der Waals surface area contributed by atoms with Gasteiger partial charge in [-0.05, 0) is 35.7 Å².